The number of amides is 1. The minimum atomic E-state index is -4.54. The highest BCUT2D eigenvalue weighted by molar-refractivity contribution is 8.02. The number of benzene rings is 1. The van der Waals surface area contributed by atoms with Crippen LogP contribution in [0.15, 0.2) is 64.6 Å². The average Bonchev–Trinajstić information content (AvgIpc) is 3.19. The fourth-order valence-corrected chi connectivity index (χ4v) is 4.64. The molecule has 2 atom stereocenters. The molecule has 0 fully saturated rings. The van der Waals surface area contributed by atoms with Crippen molar-refractivity contribution in [1.29, 1.82) is 0 Å². The first kappa shape index (κ1) is 24.8. The zero-order chi connectivity index (χ0) is 25.2. The first-order valence-electron chi connectivity index (χ1n) is 10.9. The number of carbonyl (C=O) groups excluding carboxylic acids is 1. The van der Waals surface area contributed by atoms with Crippen LogP contribution in [0.3, 0.4) is 0 Å². The Morgan fingerprint density at radius 2 is 2.11 bits per heavy atom. The van der Waals surface area contributed by atoms with E-state index in [0.29, 0.717) is 23.6 Å². The van der Waals surface area contributed by atoms with Crippen LogP contribution in [0.25, 0.3) is 5.82 Å². The highest BCUT2D eigenvalue weighted by Gasteiger charge is 2.31. The molecule has 1 aliphatic rings. The zero-order valence-electron chi connectivity index (χ0n) is 18.7. The van der Waals surface area contributed by atoms with Crippen molar-refractivity contribution in [2.75, 3.05) is 11.1 Å². The maximum absolute atomic E-state index is 13.0. The Bertz CT molecular complexity index is 1320. The molecule has 11 heteroatoms. The minimum absolute atomic E-state index is 0.00602. The first-order valence-corrected chi connectivity index (χ1v) is 11.9. The second-order valence-corrected chi connectivity index (χ2v) is 9.28. The molecular formula is C24H23F3N4O3S. The summed E-state index contributed by atoms with van der Waals surface area (Å²) in [6.07, 6.45) is -1.68. The summed E-state index contributed by atoms with van der Waals surface area (Å²) in [4.78, 5) is 32.0. The number of hydrogen-bond donors (Lipinski definition) is 3. The van der Waals surface area contributed by atoms with Gasteiger partial charge in [-0.2, -0.15) is 13.2 Å². The van der Waals surface area contributed by atoms with E-state index in [0.717, 1.165) is 24.3 Å². The predicted molar refractivity (Wildman–Crippen MR) is 127 cm³/mol. The number of H-pyrrole nitrogens is 1. The summed E-state index contributed by atoms with van der Waals surface area (Å²) >= 11 is 1.60. The molecule has 7 nitrogen and oxygen atoms in total. The first-order chi connectivity index (χ1) is 16.6. The Morgan fingerprint density at radius 3 is 2.86 bits per heavy atom. The fraction of sp³-hybridized carbons (Fsp3) is 0.292. The van der Waals surface area contributed by atoms with Crippen LogP contribution < -0.4 is 10.9 Å². The molecule has 0 spiro atoms. The van der Waals surface area contributed by atoms with E-state index in [1.54, 1.807) is 17.8 Å². The molecule has 0 radical (unpaired) electrons. The number of rotatable bonds is 5. The molecule has 184 valence electrons. The maximum atomic E-state index is 13.0. The molecule has 3 heterocycles. The Hall–Kier alpha value is -3.31. The number of alkyl halides is 3. The van der Waals surface area contributed by atoms with E-state index < -0.39 is 23.4 Å². The van der Waals surface area contributed by atoms with Crippen LogP contribution in [0.5, 0.6) is 0 Å². The molecule has 0 bridgehead atoms. The Balaban J connectivity index is 1.49. The van der Waals surface area contributed by atoms with Crippen LogP contribution in [-0.4, -0.2) is 31.3 Å². The highest BCUT2D eigenvalue weighted by atomic mass is 32.2. The van der Waals surface area contributed by atoms with E-state index in [9.17, 15) is 27.9 Å². The number of nitrogens with zero attached hydrogens (tertiary/aromatic N) is 2. The zero-order valence-corrected chi connectivity index (χ0v) is 19.5. The lowest BCUT2D eigenvalue weighted by Crippen LogP contribution is -2.20. The summed E-state index contributed by atoms with van der Waals surface area (Å²) in [7, 11) is 0. The number of anilines is 1. The number of aromatic nitrogens is 3. The molecule has 0 saturated carbocycles. The lowest BCUT2D eigenvalue weighted by Gasteiger charge is -2.12. The average molecular weight is 505 g/mol. The second-order valence-electron chi connectivity index (χ2n) is 8.38. The van der Waals surface area contributed by atoms with Gasteiger partial charge in [0.05, 0.1) is 11.8 Å². The van der Waals surface area contributed by atoms with Gasteiger partial charge in [0.2, 0.25) is 0 Å². The van der Waals surface area contributed by atoms with Crippen LogP contribution in [0.4, 0.5) is 18.9 Å². The maximum Gasteiger partial charge on any atom is 0.416 e. The molecule has 1 aromatic carbocycles. The van der Waals surface area contributed by atoms with Gasteiger partial charge in [0, 0.05) is 29.3 Å². The summed E-state index contributed by atoms with van der Waals surface area (Å²) in [6, 6.07) is 7.13. The van der Waals surface area contributed by atoms with Gasteiger partial charge in [0.15, 0.2) is 0 Å². The van der Waals surface area contributed by atoms with Crippen molar-refractivity contribution in [1.82, 2.24) is 14.5 Å². The van der Waals surface area contributed by atoms with E-state index >= 15 is 0 Å². The van der Waals surface area contributed by atoms with Crippen LogP contribution in [0, 0.1) is 5.92 Å². The van der Waals surface area contributed by atoms with Gasteiger partial charge in [-0.15, -0.1) is 11.8 Å². The SMILES string of the molecule is CC1CCC(C(=O)Nc2ccn(-c3cnc(C(O)c4cccc(C(F)(F)F)c4)[nH]3)c(=O)c2)=CSC1. The Morgan fingerprint density at radius 1 is 1.31 bits per heavy atom. The summed E-state index contributed by atoms with van der Waals surface area (Å²) in [6.45, 7) is 2.14. The Labute approximate surface area is 203 Å². The van der Waals surface area contributed by atoms with E-state index in [1.807, 2.05) is 5.41 Å². The van der Waals surface area contributed by atoms with Gasteiger partial charge in [0.1, 0.15) is 17.7 Å². The topological polar surface area (TPSA) is 100 Å². The van der Waals surface area contributed by atoms with Gasteiger partial charge in [-0.3, -0.25) is 14.2 Å². The fourth-order valence-electron chi connectivity index (χ4n) is 3.62. The third-order valence-corrected chi connectivity index (χ3v) is 6.82. The quantitative estimate of drug-likeness (QED) is 0.470. The number of halogens is 3. The highest BCUT2D eigenvalue weighted by Crippen LogP contribution is 2.32. The van der Waals surface area contributed by atoms with E-state index in [-0.39, 0.29) is 23.1 Å². The molecule has 2 aromatic heterocycles. The molecule has 35 heavy (non-hydrogen) atoms. The largest absolute Gasteiger partial charge is 0.416 e. The minimum Gasteiger partial charge on any atom is -0.380 e. The van der Waals surface area contributed by atoms with Crippen molar-refractivity contribution in [3.63, 3.8) is 0 Å². The smallest absolute Gasteiger partial charge is 0.380 e. The van der Waals surface area contributed by atoms with Gasteiger partial charge in [-0.05, 0) is 47.9 Å². The van der Waals surface area contributed by atoms with E-state index in [2.05, 4.69) is 22.2 Å². The van der Waals surface area contributed by atoms with Crippen molar-refractivity contribution in [2.24, 2.45) is 5.92 Å². The molecule has 0 aliphatic carbocycles. The lowest BCUT2D eigenvalue weighted by atomic mass is 10.0. The molecule has 1 amide bonds. The summed E-state index contributed by atoms with van der Waals surface area (Å²) in [5, 5.41) is 15.1. The third kappa shape index (κ3) is 5.85. The van der Waals surface area contributed by atoms with Crippen molar-refractivity contribution in [3.05, 3.63) is 87.1 Å². The normalized spacial score (nSPS) is 17.4. The standard InChI is InChI=1S/C24H23F3N4O3S/c1-14-5-6-16(13-35-12-14)23(34)29-18-7-8-31(20(32)10-18)19-11-28-22(30-19)21(33)15-3-2-4-17(9-15)24(25,26)27/h2-4,7-11,13-14,21,33H,5-6,12H2,1H3,(H,28,30)(H,29,34). The molecule has 3 aromatic rings. The van der Waals surface area contributed by atoms with Gasteiger partial charge in [-0.1, -0.05) is 19.1 Å². The molecule has 0 saturated heterocycles. The number of aliphatic hydroxyl groups excluding tert-OH is 1. The van der Waals surface area contributed by atoms with Gasteiger partial charge in [0.25, 0.3) is 11.5 Å². The van der Waals surface area contributed by atoms with E-state index in [1.165, 1.54) is 35.2 Å². The van der Waals surface area contributed by atoms with Crippen LogP contribution >= 0.6 is 11.8 Å². The van der Waals surface area contributed by atoms with Crippen molar-refractivity contribution in [2.45, 2.75) is 32.0 Å². The summed E-state index contributed by atoms with van der Waals surface area (Å²) in [5.74, 6) is 1.43. The second kappa shape index (κ2) is 10.1. The monoisotopic (exact) mass is 504 g/mol. The number of hydrogen-bond acceptors (Lipinski definition) is 5. The lowest BCUT2D eigenvalue weighted by molar-refractivity contribution is -0.137. The van der Waals surface area contributed by atoms with Gasteiger partial charge in [-0.25, -0.2) is 4.98 Å². The number of aliphatic hydroxyl groups is 1. The molecule has 4 rings (SSSR count). The summed E-state index contributed by atoms with van der Waals surface area (Å²) in [5.41, 5.74) is -0.341. The number of nitrogens with one attached hydrogen (secondary N) is 2. The number of thioether (sulfide) groups is 1. The Kier molecular flexibility index (Phi) is 7.18. The van der Waals surface area contributed by atoms with Crippen LogP contribution in [0.2, 0.25) is 0 Å². The van der Waals surface area contributed by atoms with Crippen LogP contribution in [-0.2, 0) is 11.0 Å². The third-order valence-electron chi connectivity index (χ3n) is 5.61. The number of aromatic amines is 1. The van der Waals surface area contributed by atoms with Gasteiger partial charge < -0.3 is 15.4 Å². The molecule has 2 unspecified atom stereocenters. The molecule has 3 N–H and O–H groups in total. The van der Waals surface area contributed by atoms with Crippen molar-refractivity contribution >= 4 is 23.4 Å². The summed E-state index contributed by atoms with van der Waals surface area (Å²) < 4.78 is 40.2. The van der Waals surface area contributed by atoms with E-state index in [4.69, 9.17) is 0 Å². The molecular weight excluding hydrogens is 481 g/mol. The molecule has 1 aliphatic heterocycles. The number of imidazole rings is 1. The number of pyridine rings is 1. The van der Waals surface area contributed by atoms with Gasteiger partial charge >= 0.3 is 6.18 Å². The number of carbonyl (C=O) groups is 1. The predicted octanol–water partition coefficient (Wildman–Crippen LogP) is 4.65. The van der Waals surface area contributed by atoms with Crippen molar-refractivity contribution in [3.8, 4) is 5.82 Å². The van der Waals surface area contributed by atoms with Crippen molar-refractivity contribution < 1.29 is 23.1 Å². The van der Waals surface area contributed by atoms with Crippen LogP contribution in [0.1, 0.15) is 42.8 Å².